The summed E-state index contributed by atoms with van der Waals surface area (Å²) in [4.78, 5) is 11.4. The predicted octanol–water partition coefficient (Wildman–Crippen LogP) is 2.02. The lowest BCUT2D eigenvalue weighted by Crippen LogP contribution is -2.37. The molecular weight excluding hydrogens is 276 g/mol. The fraction of sp³-hybridized carbons (Fsp3) is 0.688. The van der Waals surface area contributed by atoms with E-state index in [4.69, 9.17) is 0 Å². The first-order valence-electron chi connectivity index (χ1n) is 8.26. The molecule has 1 aliphatic heterocycles. The summed E-state index contributed by atoms with van der Waals surface area (Å²) in [5.74, 6) is 3.72. The molecule has 22 heavy (non-hydrogen) atoms. The zero-order valence-electron chi connectivity index (χ0n) is 13.9. The van der Waals surface area contributed by atoms with Crippen LogP contribution in [0.3, 0.4) is 0 Å². The molecule has 2 aromatic heterocycles. The van der Waals surface area contributed by atoms with Crippen LogP contribution in [0.4, 0.5) is 0 Å². The van der Waals surface area contributed by atoms with Gasteiger partial charge in [-0.15, -0.1) is 0 Å². The van der Waals surface area contributed by atoms with Gasteiger partial charge in [0.25, 0.3) is 0 Å². The summed E-state index contributed by atoms with van der Waals surface area (Å²) in [6.45, 7) is 11.4. The van der Waals surface area contributed by atoms with Crippen molar-refractivity contribution in [1.29, 1.82) is 0 Å². The van der Waals surface area contributed by atoms with E-state index in [2.05, 4.69) is 42.3 Å². The molecule has 1 atom stereocenters. The Morgan fingerprint density at radius 2 is 2.18 bits per heavy atom. The number of rotatable bonds is 5. The Bertz CT molecular complexity index is 614. The van der Waals surface area contributed by atoms with Crippen molar-refractivity contribution in [3.8, 4) is 0 Å². The highest BCUT2D eigenvalue weighted by atomic mass is 15.3. The van der Waals surface area contributed by atoms with Gasteiger partial charge in [-0.1, -0.05) is 0 Å². The Morgan fingerprint density at radius 3 is 2.91 bits per heavy atom. The van der Waals surface area contributed by atoms with Crippen molar-refractivity contribution in [2.45, 2.75) is 53.2 Å². The Labute approximate surface area is 132 Å². The molecule has 120 valence electrons. The molecule has 0 aliphatic carbocycles. The van der Waals surface area contributed by atoms with Gasteiger partial charge in [0.1, 0.15) is 17.5 Å². The third-order valence-corrected chi connectivity index (χ3v) is 4.50. The lowest BCUT2D eigenvalue weighted by atomic mass is 9.98. The average Bonchev–Trinajstić information content (AvgIpc) is 3.06. The number of aromatic nitrogens is 5. The van der Waals surface area contributed by atoms with Gasteiger partial charge < -0.3 is 4.57 Å². The zero-order chi connectivity index (χ0) is 15.5. The molecule has 1 saturated heterocycles. The molecule has 2 aromatic rings. The topological polar surface area (TPSA) is 51.8 Å². The number of hydrogen-bond acceptors (Lipinski definition) is 4. The summed E-state index contributed by atoms with van der Waals surface area (Å²) >= 11 is 0. The van der Waals surface area contributed by atoms with E-state index in [-0.39, 0.29) is 0 Å². The second-order valence-electron chi connectivity index (χ2n) is 6.26. The zero-order valence-corrected chi connectivity index (χ0v) is 13.9. The lowest BCUT2D eigenvalue weighted by Gasteiger charge is -2.32. The quantitative estimate of drug-likeness (QED) is 0.848. The smallest absolute Gasteiger partial charge is 0.147 e. The number of hydrogen-bond donors (Lipinski definition) is 0. The monoisotopic (exact) mass is 302 g/mol. The molecule has 0 N–H and O–H groups in total. The summed E-state index contributed by atoms with van der Waals surface area (Å²) in [5.41, 5.74) is 0. The maximum absolute atomic E-state index is 4.50. The van der Waals surface area contributed by atoms with Crippen LogP contribution >= 0.6 is 0 Å². The second kappa shape index (κ2) is 6.60. The van der Waals surface area contributed by atoms with Crippen molar-refractivity contribution in [3.63, 3.8) is 0 Å². The molecule has 6 heteroatoms. The van der Waals surface area contributed by atoms with Crippen LogP contribution in [-0.2, 0) is 19.6 Å². The van der Waals surface area contributed by atoms with E-state index >= 15 is 0 Å². The van der Waals surface area contributed by atoms with E-state index in [1.54, 1.807) is 0 Å². The first-order chi connectivity index (χ1) is 10.7. The van der Waals surface area contributed by atoms with Crippen molar-refractivity contribution in [1.82, 2.24) is 29.2 Å². The van der Waals surface area contributed by atoms with Crippen molar-refractivity contribution in [2.24, 2.45) is 5.92 Å². The van der Waals surface area contributed by atoms with E-state index in [0.717, 1.165) is 37.8 Å². The molecule has 0 unspecified atom stereocenters. The highest BCUT2D eigenvalue weighted by molar-refractivity contribution is 4.93. The van der Waals surface area contributed by atoms with Crippen LogP contribution in [-0.4, -0.2) is 42.3 Å². The van der Waals surface area contributed by atoms with Gasteiger partial charge in [0, 0.05) is 32.0 Å². The van der Waals surface area contributed by atoms with Gasteiger partial charge in [-0.05, 0) is 46.1 Å². The van der Waals surface area contributed by atoms with Gasteiger partial charge in [0.05, 0.1) is 6.54 Å². The van der Waals surface area contributed by atoms with Gasteiger partial charge in [-0.25, -0.2) is 14.6 Å². The lowest BCUT2D eigenvalue weighted by molar-refractivity contribution is 0.148. The average molecular weight is 302 g/mol. The summed E-state index contributed by atoms with van der Waals surface area (Å²) in [7, 11) is 0. The molecule has 3 heterocycles. The van der Waals surface area contributed by atoms with Gasteiger partial charge >= 0.3 is 0 Å². The minimum atomic E-state index is 0.651. The predicted molar refractivity (Wildman–Crippen MR) is 85.4 cm³/mol. The maximum Gasteiger partial charge on any atom is 0.147 e. The van der Waals surface area contributed by atoms with Crippen molar-refractivity contribution in [3.05, 3.63) is 29.9 Å². The molecule has 1 fully saturated rings. The van der Waals surface area contributed by atoms with Gasteiger partial charge in [0.15, 0.2) is 0 Å². The summed E-state index contributed by atoms with van der Waals surface area (Å²) in [6.07, 6.45) is 6.50. The Hall–Kier alpha value is -1.69. The number of likely N-dealkylation sites (tertiary alicyclic amines) is 1. The van der Waals surface area contributed by atoms with E-state index in [1.165, 1.54) is 25.2 Å². The number of aryl methyl sites for hydroxylation is 3. The van der Waals surface area contributed by atoms with Crippen LogP contribution < -0.4 is 0 Å². The van der Waals surface area contributed by atoms with Crippen LogP contribution in [0.25, 0.3) is 0 Å². The van der Waals surface area contributed by atoms with Crippen molar-refractivity contribution in [2.75, 3.05) is 13.1 Å². The number of nitrogens with zero attached hydrogens (tertiary/aromatic N) is 6. The molecule has 0 aromatic carbocycles. The molecule has 0 amide bonds. The molecule has 0 saturated carbocycles. The van der Waals surface area contributed by atoms with Crippen LogP contribution in [0, 0.1) is 19.8 Å². The Kier molecular flexibility index (Phi) is 4.57. The third-order valence-electron chi connectivity index (χ3n) is 4.50. The number of piperidine rings is 1. The molecule has 6 nitrogen and oxygen atoms in total. The van der Waals surface area contributed by atoms with Crippen molar-refractivity contribution < 1.29 is 0 Å². The minimum absolute atomic E-state index is 0.651. The first-order valence-corrected chi connectivity index (χ1v) is 8.26. The summed E-state index contributed by atoms with van der Waals surface area (Å²) < 4.78 is 4.30. The summed E-state index contributed by atoms with van der Waals surface area (Å²) in [6, 6.07) is 0. The largest absolute Gasteiger partial charge is 0.334 e. The van der Waals surface area contributed by atoms with Crippen LogP contribution in [0.15, 0.2) is 12.4 Å². The normalized spacial score (nSPS) is 19.7. The number of imidazole rings is 1. The fourth-order valence-corrected chi connectivity index (χ4v) is 3.40. The summed E-state index contributed by atoms with van der Waals surface area (Å²) in [5, 5.41) is 4.50. The standard InChI is InChI=1S/C16H26N6/c1-4-21-9-7-17-16(21)12-20-8-5-6-15(10-20)11-22-14(3)18-13(2)19-22/h7,9,15H,4-6,8,10-12H2,1-3H3/t15-/m1/s1. The Morgan fingerprint density at radius 1 is 1.32 bits per heavy atom. The van der Waals surface area contributed by atoms with Crippen LogP contribution in [0.2, 0.25) is 0 Å². The maximum atomic E-state index is 4.50. The van der Waals surface area contributed by atoms with Crippen LogP contribution in [0.5, 0.6) is 0 Å². The molecule has 0 radical (unpaired) electrons. The van der Waals surface area contributed by atoms with Crippen LogP contribution in [0.1, 0.15) is 37.2 Å². The molecule has 1 aliphatic rings. The van der Waals surface area contributed by atoms with Crippen molar-refractivity contribution >= 4 is 0 Å². The van der Waals surface area contributed by atoms with Gasteiger partial charge in [0.2, 0.25) is 0 Å². The molecule has 0 bridgehead atoms. The van der Waals surface area contributed by atoms with E-state index < -0.39 is 0 Å². The molecular formula is C16H26N6. The first kappa shape index (κ1) is 15.2. The van der Waals surface area contributed by atoms with E-state index in [9.17, 15) is 0 Å². The third kappa shape index (κ3) is 3.38. The molecule has 0 spiro atoms. The SMILES string of the molecule is CCn1ccnc1CN1CCC[C@@H](Cn2nc(C)nc2C)C1. The Balaban J connectivity index is 1.60. The highest BCUT2D eigenvalue weighted by Crippen LogP contribution is 2.20. The second-order valence-corrected chi connectivity index (χ2v) is 6.26. The van der Waals surface area contributed by atoms with Gasteiger partial charge in [-0.2, -0.15) is 5.10 Å². The van der Waals surface area contributed by atoms with E-state index in [0.29, 0.717) is 5.92 Å². The van der Waals surface area contributed by atoms with Gasteiger partial charge in [-0.3, -0.25) is 4.90 Å². The van der Waals surface area contributed by atoms with E-state index in [1.807, 2.05) is 20.0 Å². The minimum Gasteiger partial charge on any atom is -0.334 e. The highest BCUT2D eigenvalue weighted by Gasteiger charge is 2.22. The molecule has 3 rings (SSSR count). The fourth-order valence-electron chi connectivity index (χ4n) is 3.40.